The molecule has 5 heteroatoms. The molecule has 0 aromatic carbocycles. The van der Waals surface area contributed by atoms with Crippen molar-refractivity contribution in [1.29, 1.82) is 0 Å². The quantitative estimate of drug-likeness (QED) is 0.761. The summed E-state index contributed by atoms with van der Waals surface area (Å²) in [6, 6.07) is 0. The number of ketones is 1. The van der Waals surface area contributed by atoms with Crippen molar-refractivity contribution in [2.45, 2.75) is 32.5 Å². The third-order valence-corrected chi connectivity index (χ3v) is 3.02. The van der Waals surface area contributed by atoms with Crippen LogP contribution >= 0.6 is 0 Å². The fourth-order valence-corrected chi connectivity index (χ4v) is 1.93. The van der Waals surface area contributed by atoms with Crippen molar-refractivity contribution in [2.75, 3.05) is 7.11 Å². The Labute approximate surface area is 94.3 Å². The van der Waals surface area contributed by atoms with Gasteiger partial charge in [-0.25, -0.2) is 0 Å². The van der Waals surface area contributed by atoms with E-state index in [1.54, 1.807) is 4.68 Å². The van der Waals surface area contributed by atoms with Gasteiger partial charge in [0.15, 0.2) is 17.6 Å². The first kappa shape index (κ1) is 11.1. The molecule has 88 valence electrons. The molecule has 1 aliphatic carbocycles. The number of carbonyl (C=O) groups is 1. The highest BCUT2D eigenvalue weighted by molar-refractivity contribution is 5.90. The van der Waals surface area contributed by atoms with E-state index >= 15 is 0 Å². The lowest BCUT2D eigenvalue weighted by Gasteiger charge is -2.33. The Bertz CT molecular complexity index is 425. The number of Topliss-reactive ketones (excluding diaryl/α,β-unsaturated/α-hetero) is 1. The minimum atomic E-state index is -0.418. The van der Waals surface area contributed by atoms with E-state index in [-0.39, 0.29) is 11.9 Å². The van der Waals surface area contributed by atoms with Gasteiger partial charge in [0, 0.05) is 20.6 Å². The largest absolute Gasteiger partial charge is 0.483 e. The topological polar surface area (TPSA) is 53.4 Å². The van der Waals surface area contributed by atoms with E-state index in [0.29, 0.717) is 6.42 Å². The summed E-state index contributed by atoms with van der Waals surface area (Å²) in [5.74, 6) is 0.869. The second kappa shape index (κ2) is 3.90. The van der Waals surface area contributed by atoms with Gasteiger partial charge in [-0.15, -0.1) is 0 Å². The number of methoxy groups -OCH3 is 1. The van der Waals surface area contributed by atoms with Crippen LogP contribution in [0.25, 0.3) is 0 Å². The first-order valence-corrected chi connectivity index (χ1v) is 5.27. The van der Waals surface area contributed by atoms with Gasteiger partial charge in [-0.2, -0.15) is 5.10 Å². The highest BCUT2D eigenvalue weighted by Gasteiger charge is 2.42. The lowest BCUT2D eigenvalue weighted by atomic mass is 9.90. The molecular weight excluding hydrogens is 208 g/mol. The fourth-order valence-electron chi connectivity index (χ4n) is 1.93. The van der Waals surface area contributed by atoms with Gasteiger partial charge in [0.1, 0.15) is 11.8 Å². The Kier molecular flexibility index (Phi) is 2.71. The first-order valence-electron chi connectivity index (χ1n) is 5.27. The lowest BCUT2D eigenvalue weighted by molar-refractivity contribution is -0.151. The summed E-state index contributed by atoms with van der Waals surface area (Å²) < 4.78 is 12.6. The molecule has 0 saturated heterocycles. The van der Waals surface area contributed by atoms with Crippen LogP contribution < -0.4 is 4.74 Å². The molecular formula is C11H16N2O3. The second-order valence-electron chi connectivity index (χ2n) is 4.11. The Hall–Kier alpha value is -1.36. The number of nitrogens with zero attached hydrogens (tertiary/aromatic N) is 2. The van der Waals surface area contributed by atoms with Gasteiger partial charge in [0.25, 0.3) is 0 Å². The highest BCUT2D eigenvalue weighted by Crippen LogP contribution is 2.29. The molecule has 0 amide bonds. The van der Waals surface area contributed by atoms with Gasteiger partial charge in [0.05, 0.1) is 5.69 Å². The van der Waals surface area contributed by atoms with Crippen LogP contribution in [0.5, 0.6) is 5.75 Å². The molecule has 0 radical (unpaired) electrons. The van der Waals surface area contributed by atoms with Crippen molar-refractivity contribution in [3.05, 3.63) is 11.4 Å². The molecule has 1 aromatic heterocycles. The summed E-state index contributed by atoms with van der Waals surface area (Å²) in [7, 11) is 3.40. The highest BCUT2D eigenvalue weighted by atomic mass is 16.5. The van der Waals surface area contributed by atoms with Gasteiger partial charge in [0.2, 0.25) is 0 Å². The van der Waals surface area contributed by atoms with Crippen LogP contribution in [0.2, 0.25) is 0 Å². The van der Waals surface area contributed by atoms with Crippen molar-refractivity contribution in [1.82, 2.24) is 9.78 Å². The molecule has 2 rings (SSSR count). The third kappa shape index (κ3) is 1.61. The van der Waals surface area contributed by atoms with Gasteiger partial charge in [-0.1, -0.05) is 0 Å². The summed E-state index contributed by atoms with van der Waals surface area (Å²) in [6.45, 7) is 3.84. The van der Waals surface area contributed by atoms with E-state index in [1.807, 2.05) is 20.9 Å². The van der Waals surface area contributed by atoms with E-state index in [2.05, 4.69) is 5.10 Å². The van der Waals surface area contributed by atoms with Crippen LogP contribution in [0.3, 0.4) is 0 Å². The van der Waals surface area contributed by atoms with E-state index in [0.717, 1.165) is 17.1 Å². The third-order valence-electron chi connectivity index (χ3n) is 3.02. The Balaban J connectivity index is 2.13. The number of hydrogen-bond acceptors (Lipinski definition) is 4. The predicted molar refractivity (Wildman–Crippen MR) is 57.5 cm³/mol. The molecule has 1 fully saturated rings. The summed E-state index contributed by atoms with van der Waals surface area (Å²) >= 11 is 0. The van der Waals surface area contributed by atoms with Crippen LogP contribution in [0.4, 0.5) is 0 Å². The number of aryl methyl sites for hydroxylation is 2. The first-order chi connectivity index (χ1) is 7.54. The van der Waals surface area contributed by atoms with Gasteiger partial charge in [-0.3, -0.25) is 9.48 Å². The maximum atomic E-state index is 11.2. The molecule has 0 aliphatic heterocycles. The van der Waals surface area contributed by atoms with Gasteiger partial charge < -0.3 is 9.47 Å². The van der Waals surface area contributed by atoms with Crippen LogP contribution in [0.1, 0.15) is 17.8 Å². The molecule has 1 aromatic rings. The Morgan fingerprint density at radius 2 is 2.12 bits per heavy atom. The number of hydrogen-bond donors (Lipinski definition) is 0. The van der Waals surface area contributed by atoms with Crippen molar-refractivity contribution in [3.8, 4) is 5.75 Å². The second-order valence-corrected chi connectivity index (χ2v) is 4.11. The van der Waals surface area contributed by atoms with Crippen molar-refractivity contribution < 1.29 is 14.3 Å². The Morgan fingerprint density at radius 1 is 1.44 bits per heavy atom. The predicted octanol–water partition coefficient (Wildman–Crippen LogP) is 0.772. The van der Waals surface area contributed by atoms with Crippen molar-refractivity contribution in [2.24, 2.45) is 7.05 Å². The zero-order chi connectivity index (χ0) is 11.9. The summed E-state index contributed by atoms with van der Waals surface area (Å²) in [5.41, 5.74) is 1.81. The zero-order valence-electron chi connectivity index (χ0n) is 9.98. The molecule has 2 unspecified atom stereocenters. The monoisotopic (exact) mass is 224 g/mol. The number of aromatic nitrogens is 2. The fraction of sp³-hybridized carbons (Fsp3) is 0.636. The Morgan fingerprint density at radius 3 is 2.56 bits per heavy atom. The van der Waals surface area contributed by atoms with Gasteiger partial charge in [-0.05, 0) is 13.8 Å². The van der Waals surface area contributed by atoms with Gasteiger partial charge >= 0.3 is 0 Å². The van der Waals surface area contributed by atoms with E-state index < -0.39 is 6.10 Å². The van der Waals surface area contributed by atoms with E-state index in [1.165, 1.54) is 7.11 Å². The van der Waals surface area contributed by atoms with Crippen LogP contribution in [0, 0.1) is 13.8 Å². The average Bonchev–Trinajstić information content (AvgIpc) is 2.44. The van der Waals surface area contributed by atoms with Crippen LogP contribution in [-0.2, 0) is 16.6 Å². The van der Waals surface area contributed by atoms with E-state index in [4.69, 9.17) is 9.47 Å². The maximum absolute atomic E-state index is 11.2. The number of rotatable bonds is 3. The molecule has 2 atom stereocenters. The molecule has 0 spiro atoms. The normalized spacial score (nSPS) is 24.4. The van der Waals surface area contributed by atoms with Crippen LogP contribution in [-0.4, -0.2) is 34.9 Å². The molecule has 0 N–H and O–H groups in total. The molecule has 5 nitrogen and oxygen atoms in total. The minimum Gasteiger partial charge on any atom is -0.483 e. The molecule has 1 heterocycles. The number of ether oxygens (including phenoxy) is 2. The number of carbonyl (C=O) groups excluding carboxylic acids is 1. The van der Waals surface area contributed by atoms with Crippen molar-refractivity contribution >= 4 is 5.78 Å². The smallest absolute Gasteiger partial charge is 0.169 e. The van der Waals surface area contributed by atoms with Crippen LogP contribution in [0.15, 0.2) is 0 Å². The molecule has 1 aliphatic rings. The maximum Gasteiger partial charge on any atom is 0.169 e. The molecule has 0 bridgehead atoms. The molecule has 16 heavy (non-hydrogen) atoms. The standard InChI is InChI=1S/C11H16N2O3/c1-6-10(7(2)13(3)12-6)16-9-5-8(14)11(9)15-4/h9,11H,5H2,1-4H3. The average molecular weight is 224 g/mol. The summed E-state index contributed by atoms with van der Waals surface area (Å²) in [5, 5.41) is 4.26. The summed E-state index contributed by atoms with van der Waals surface area (Å²) in [6.07, 6.45) is -0.162. The SMILES string of the molecule is COC1C(=O)CC1Oc1c(C)nn(C)c1C. The molecule has 1 saturated carbocycles. The minimum absolute atomic E-state index is 0.103. The zero-order valence-corrected chi connectivity index (χ0v) is 9.98. The lowest BCUT2D eigenvalue weighted by Crippen LogP contribution is -2.51. The van der Waals surface area contributed by atoms with E-state index in [9.17, 15) is 4.79 Å². The summed E-state index contributed by atoms with van der Waals surface area (Å²) in [4.78, 5) is 11.2. The van der Waals surface area contributed by atoms with Crippen molar-refractivity contribution in [3.63, 3.8) is 0 Å².